The monoisotopic (exact) mass is 329 g/mol. The molecule has 3 heterocycles. The number of aryl methyl sites for hydroxylation is 1. The molecule has 112 valence electrons. The molecule has 0 radical (unpaired) electrons. The van der Waals surface area contributed by atoms with Crippen LogP contribution in [-0.4, -0.2) is 22.4 Å². The molecule has 1 N–H and O–H groups in total. The van der Waals surface area contributed by atoms with Gasteiger partial charge in [0, 0.05) is 35.8 Å². The number of carbonyl (C=O) groups excluding carboxylic acids is 1. The number of nitrogens with zero attached hydrogens (tertiary/aromatic N) is 2. The number of nitrogens with one attached hydrogen (secondary N) is 1. The molecule has 3 rings (SSSR count). The number of hydrogen-bond donors (Lipinski definition) is 1. The molecule has 0 unspecified atom stereocenters. The number of hydrogen-bond acceptors (Lipinski definition) is 5. The van der Waals surface area contributed by atoms with Gasteiger partial charge in [-0.15, -0.1) is 22.7 Å². The first-order valence-electron chi connectivity index (χ1n) is 6.92. The summed E-state index contributed by atoms with van der Waals surface area (Å²) in [5.74, 6) is -0.00958. The number of thiophene rings is 1. The highest BCUT2D eigenvalue weighted by Crippen LogP contribution is 2.27. The number of rotatable bonds is 5. The van der Waals surface area contributed by atoms with E-state index in [9.17, 15) is 4.79 Å². The summed E-state index contributed by atoms with van der Waals surface area (Å²) in [6.45, 7) is 2.62. The van der Waals surface area contributed by atoms with Gasteiger partial charge >= 0.3 is 0 Å². The van der Waals surface area contributed by atoms with Crippen molar-refractivity contribution in [2.24, 2.45) is 0 Å². The molecule has 0 aliphatic carbocycles. The van der Waals surface area contributed by atoms with E-state index in [1.165, 1.54) is 16.2 Å². The number of pyridine rings is 1. The highest BCUT2D eigenvalue weighted by molar-refractivity contribution is 7.15. The van der Waals surface area contributed by atoms with Crippen molar-refractivity contribution in [1.29, 1.82) is 0 Å². The Kier molecular flexibility index (Phi) is 4.60. The van der Waals surface area contributed by atoms with E-state index in [1.807, 2.05) is 42.8 Å². The fourth-order valence-electron chi connectivity index (χ4n) is 2.06. The summed E-state index contributed by atoms with van der Waals surface area (Å²) >= 11 is 3.12. The molecule has 0 spiro atoms. The summed E-state index contributed by atoms with van der Waals surface area (Å²) in [5.41, 5.74) is 2.05. The van der Waals surface area contributed by atoms with Gasteiger partial charge in [-0.1, -0.05) is 6.07 Å². The van der Waals surface area contributed by atoms with Gasteiger partial charge in [0.1, 0.15) is 5.01 Å². The van der Waals surface area contributed by atoms with Gasteiger partial charge in [0.2, 0.25) is 0 Å². The molecule has 0 atom stereocenters. The lowest BCUT2D eigenvalue weighted by Gasteiger charge is -2.02. The van der Waals surface area contributed by atoms with Gasteiger partial charge in [-0.3, -0.25) is 9.78 Å². The average molecular weight is 329 g/mol. The summed E-state index contributed by atoms with van der Waals surface area (Å²) in [7, 11) is 0. The van der Waals surface area contributed by atoms with E-state index in [1.54, 1.807) is 17.5 Å². The van der Waals surface area contributed by atoms with Crippen molar-refractivity contribution in [2.45, 2.75) is 13.3 Å². The van der Waals surface area contributed by atoms with E-state index in [-0.39, 0.29) is 5.91 Å². The lowest BCUT2D eigenvalue weighted by Crippen LogP contribution is -2.24. The standard InChI is InChI=1S/C16H15N3OS2/c1-11-13(6-8-18-15(20)14-5-3-9-21-14)22-16(19-11)12-4-2-7-17-10-12/h2-5,7,9-10H,6,8H2,1H3,(H,18,20). The zero-order chi connectivity index (χ0) is 15.4. The zero-order valence-electron chi connectivity index (χ0n) is 12.1. The molecule has 6 heteroatoms. The van der Waals surface area contributed by atoms with Crippen LogP contribution in [0.3, 0.4) is 0 Å². The Hall–Kier alpha value is -2.05. The third kappa shape index (κ3) is 3.40. The second kappa shape index (κ2) is 6.81. The Labute approximate surface area is 136 Å². The molecule has 0 saturated carbocycles. The molecule has 0 aliphatic rings. The predicted octanol–water partition coefficient (Wildman–Crippen LogP) is 3.55. The van der Waals surface area contributed by atoms with Crippen molar-refractivity contribution in [3.8, 4) is 10.6 Å². The van der Waals surface area contributed by atoms with Crippen LogP contribution in [0.15, 0.2) is 42.0 Å². The summed E-state index contributed by atoms with van der Waals surface area (Å²) < 4.78 is 0. The van der Waals surface area contributed by atoms with Crippen LogP contribution in [0, 0.1) is 6.92 Å². The SMILES string of the molecule is Cc1nc(-c2cccnc2)sc1CCNC(=O)c1cccs1. The minimum absolute atomic E-state index is 0.00958. The summed E-state index contributed by atoms with van der Waals surface area (Å²) in [6, 6.07) is 7.63. The van der Waals surface area contributed by atoms with E-state index >= 15 is 0 Å². The van der Waals surface area contributed by atoms with E-state index in [4.69, 9.17) is 0 Å². The Morgan fingerprint density at radius 3 is 2.95 bits per heavy atom. The largest absolute Gasteiger partial charge is 0.351 e. The average Bonchev–Trinajstić information content (AvgIpc) is 3.18. The Bertz CT molecular complexity index is 751. The molecule has 0 saturated heterocycles. The second-order valence-electron chi connectivity index (χ2n) is 4.75. The molecule has 0 aliphatic heterocycles. The minimum Gasteiger partial charge on any atom is -0.351 e. The highest BCUT2D eigenvalue weighted by atomic mass is 32.1. The topological polar surface area (TPSA) is 54.9 Å². The summed E-state index contributed by atoms with van der Waals surface area (Å²) in [6.07, 6.45) is 4.37. The molecule has 0 bridgehead atoms. The van der Waals surface area contributed by atoms with Crippen LogP contribution in [0.25, 0.3) is 10.6 Å². The third-order valence-electron chi connectivity index (χ3n) is 3.18. The quantitative estimate of drug-likeness (QED) is 0.779. The maximum atomic E-state index is 11.9. The van der Waals surface area contributed by atoms with Crippen LogP contribution in [0.5, 0.6) is 0 Å². The van der Waals surface area contributed by atoms with Crippen LogP contribution in [0.1, 0.15) is 20.2 Å². The fraction of sp³-hybridized carbons (Fsp3) is 0.188. The molecular formula is C16H15N3OS2. The van der Waals surface area contributed by atoms with Gasteiger partial charge in [-0.05, 0) is 30.5 Å². The third-order valence-corrected chi connectivity index (χ3v) is 5.32. The van der Waals surface area contributed by atoms with Crippen LogP contribution in [0.2, 0.25) is 0 Å². The first-order chi connectivity index (χ1) is 10.7. The van der Waals surface area contributed by atoms with Gasteiger partial charge in [-0.25, -0.2) is 4.98 Å². The van der Waals surface area contributed by atoms with Crippen LogP contribution in [0.4, 0.5) is 0 Å². The lowest BCUT2D eigenvalue weighted by atomic mass is 10.3. The smallest absolute Gasteiger partial charge is 0.261 e. The molecule has 0 fully saturated rings. The van der Waals surface area contributed by atoms with Gasteiger partial charge in [0.15, 0.2) is 0 Å². The number of carbonyl (C=O) groups is 1. The van der Waals surface area contributed by atoms with E-state index in [2.05, 4.69) is 15.3 Å². The molecule has 3 aromatic heterocycles. The molecule has 1 amide bonds. The fourth-order valence-corrected chi connectivity index (χ4v) is 3.75. The lowest BCUT2D eigenvalue weighted by molar-refractivity contribution is 0.0958. The molecule has 3 aromatic rings. The van der Waals surface area contributed by atoms with Crippen molar-refractivity contribution >= 4 is 28.6 Å². The first kappa shape index (κ1) is 14.9. The van der Waals surface area contributed by atoms with Crippen molar-refractivity contribution in [3.05, 3.63) is 57.5 Å². The van der Waals surface area contributed by atoms with Crippen molar-refractivity contribution in [1.82, 2.24) is 15.3 Å². The summed E-state index contributed by atoms with van der Waals surface area (Å²) in [5, 5.41) is 5.83. The maximum Gasteiger partial charge on any atom is 0.261 e. The van der Waals surface area contributed by atoms with Crippen LogP contribution in [-0.2, 0) is 6.42 Å². The van der Waals surface area contributed by atoms with Gasteiger partial charge in [0.05, 0.1) is 10.6 Å². The first-order valence-corrected chi connectivity index (χ1v) is 8.62. The normalized spacial score (nSPS) is 10.6. The van der Waals surface area contributed by atoms with Crippen molar-refractivity contribution in [3.63, 3.8) is 0 Å². The van der Waals surface area contributed by atoms with E-state index in [0.717, 1.165) is 27.6 Å². The highest BCUT2D eigenvalue weighted by Gasteiger charge is 2.10. The maximum absolute atomic E-state index is 11.9. The molecular weight excluding hydrogens is 314 g/mol. The van der Waals surface area contributed by atoms with Crippen LogP contribution < -0.4 is 5.32 Å². The number of amides is 1. The molecule has 0 aromatic carbocycles. The Balaban J connectivity index is 1.61. The van der Waals surface area contributed by atoms with Gasteiger partial charge in [0.25, 0.3) is 5.91 Å². The zero-order valence-corrected chi connectivity index (χ0v) is 13.7. The Morgan fingerprint density at radius 1 is 1.32 bits per heavy atom. The van der Waals surface area contributed by atoms with Crippen molar-refractivity contribution < 1.29 is 4.79 Å². The Morgan fingerprint density at radius 2 is 2.23 bits per heavy atom. The van der Waals surface area contributed by atoms with Crippen molar-refractivity contribution in [2.75, 3.05) is 6.54 Å². The molecule has 22 heavy (non-hydrogen) atoms. The van der Waals surface area contributed by atoms with Gasteiger partial charge in [-0.2, -0.15) is 0 Å². The van der Waals surface area contributed by atoms with E-state index < -0.39 is 0 Å². The molecule has 4 nitrogen and oxygen atoms in total. The minimum atomic E-state index is -0.00958. The van der Waals surface area contributed by atoms with E-state index in [0.29, 0.717) is 6.54 Å². The second-order valence-corrected chi connectivity index (χ2v) is 6.78. The predicted molar refractivity (Wildman–Crippen MR) is 90.4 cm³/mol. The number of aromatic nitrogens is 2. The van der Waals surface area contributed by atoms with Gasteiger partial charge < -0.3 is 5.32 Å². The number of thiazole rings is 1. The van der Waals surface area contributed by atoms with Crippen LogP contribution >= 0.6 is 22.7 Å². The summed E-state index contributed by atoms with van der Waals surface area (Å²) in [4.78, 5) is 22.6.